The third kappa shape index (κ3) is 3.41. The van der Waals surface area contributed by atoms with Crippen molar-refractivity contribution in [2.45, 2.75) is 65.0 Å². The minimum atomic E-state index is -0.400. The van der Waals surface area contributed by atoms with Gasteiger partial charge in [0.1, 0.15) is 5.60 Å². The molecule has 4 heteroatoms. The van der Waals surface area contributed by atoms with Gasteiger partial charge < -0.3 is 15.4 Å². The number of rotatable bonds is 1. The maximum Gasteiger partial charge on any atom is 0.410 e. The van der Waals surface area contributed by atoms with Crippen molar-refractivity contribution >= 4 is 6.09 Å². The molecule has 1 aliphatic carbocycles. The van der Waals surface area contributed by atoms with Gasteiger partial charge in [-0.05, 0) is 64.7 Å². The summed E-state index contributed by atoms with van der Waals surface area (Å²) in [6, 6.07) is 0.314. The fourth-order valence-corrected chi connectivity index (χ4v) is 3.32. The first-order chi connectivity index (χ1) is 8.71. The van der Waals surface area contributed by atoms with Crippen LogP contribution in [0.5, 0.6) is 0 Å². The van der Waals surface area contributed by atoms with E-state index in [1.54, 1.807) is 0 Å². The zero-order chi connectivity index (χ0) is 14.3. The van der Waals surface area contributed by atoms with Gasteiger partial charge >= 0.3 is 6.09 Å². The van der Waals surface area contributed by atoms with Crippen LogP contribution in [0.3, 0.4) is 0 Å². The van der Waals surface area contributed by atoms with E-state index < -0.39 is 5.60 Å². The number of nitrogens with two attached hydrogens (primary N) is 1. The Balaban J connectivity index is 1.79. The fourth-order valence-electron chi connectivity index (χ4n) is 3.32. The number of amides is 1. The smallest absolute Gasteiger partial charge is 0.410 e. The molecule has 1 saturated heterocycles. The molecule has 1 aliphatic heterocycles. The highest BCUT2D eigenvalue weighted by Gasteiger charge is 2.47. The number of carbonyl (C=O) groups is 1. The molecule has 1 unspecified atom stereocenters. The highest BCUT2D eigenvalue weighted by atomic mass is 16.6. The van der Waals surface area contributed by atoms with Gasteiger partial charge in [0.15, 0.2) is 0 Å². The Morgan fingerprint density at radius 1 is 1.32 bits per heavy atom. The molecule has 1 saturated carbocycles. The van der Waals surface area contributed by atoms with Crippen molar-refractivity contribution in [2.24, 2.45) is 17.1 Å². The summed E-state index contributed by atoms with van der Waals surface area (Å²) in [5.41, 5.74) is 6.02. The third-order valence-corrected chi connectivity index (χ3v) is 4.61. The van der Waals surface area contributed by atoms with Crippen molar-refractivity contribution in [2.75, 3.05) is 13.1 Å². The van der Waals surface area contributed by atoms with E-state index in [1.807, 2.05) is 25.7 Å². The molecule has 1 amide bonds. The van der Waals surface area contributed by atoms with Gasteiger partial charge in [-0.3, -0.25) is 0 Å². The Kier molecular flexibility index (Phi) is 3.83. The predicted molar refractivity (Wildman–Crippen MR) is 75.8 cm³/mol. The van der Waals surface area contributed by atoms with E-state index in [1.165, 1.54) is 12.8 Å². The maximum absolute atomic E-state index is 12.0. The Morgan fingerprint density at radius 3 is 2.26 bits per heavy atom. The molecule has 19 heavy (non-hydrogen) atoms. The number of piperidine rings is 1. The van der Waals surface area contributed by atoms with E-state index in [0.29, 0.717) is 17.4 Å². The molecule has 0 aromatic heterocycles. The van der Waals surface area contributed by atoms with Crippen molar-refractivity contribution < 1.29 is 9.53 Å². The number of nitrogens with zero attached hydrogens (tertiary/aromatic N) is 1. The summed E-state index contributed by atoms with van der Waals surface area (Å²) in [5, 5.41) is 0. The normalized spacial score (nSPS) is 25.0. The predicted octanol–water partition coefficient (Wildman–Crippen LogP) is 2.76. The molecule has 1 heterocycles. The van der Waals surface area contributed by atoms with Gasteiger partial charge in [-0.2, -0.15) is 0 Å². The average molecular weight is 268 g/mol. The molecule has 2 aliphatic rings. The minimum absolute atomic E-state index is 0.162. The first-order valence-corrected chi connectivity index (χ1v) is 7.44. The fraction of sp³-hybridized carbons (Fsp3) is 0.933. The number of hydrogen-bond acceptors (Lipinski definition) is 3. The van der Waals surface area contributed by atoms with Gasteiger partial charge in [-0.1, -0.05) is 0 Å². The number of ether oxygens (including phenoxy) is 1. The summed E-state index contributed by atoms with van der Waals surface area (Å²) in [6.07, 6.45) is 4.54. The molecule has 4 nitrogen and oxygen atoms in total. The molecule has 0 radical (unpaired) electrons. The van der Waals surface area contributed by atoms with Crippen molar-refractivity contribution in [1.29, 1.82) is 0 Å². The number of hydrogen-bond donors (Lipinski definition) is 1. The van der Waals surface area contributed by atoms with Gasteiger partial charge in [-0.25, -0.2) is 4.79 Å². The zero-order valence-electron chi connectivity index (χ0n) is 12.7. The van der Waals surface area contributed by atoms with Gasteiger partial charge in [0.05, 0.1) is 0 Å². The Labute approximate surface area is 116 Å². The van der Waals surface area contributed by atoms with E-state index in [0.717, 1.165) is 25.9 Å². The van der Waals surface area contributed by atoms with Crippen molar-refractivity contribution in [3.05, 3.63) is 0 Å². The van der Waals surface area contributed by atoms with Crippen LogP contribution < -0.4 is 5.73 Å². The molecule has 110 valence electrons. The SMILES string of the molecule is CC(N)C1CC2(CCN(C(=O)OC(C)(C)C)CC2)C1. The highest BCUT2D eigenvalue weighted by Crippen LogP contribution is 2.53. The van der Waals surface area contributed by atoms with Crippen molar-refractivity contribution in [1.82, 2.24) is 4.90 Å². The summed E-state index contributed by atoms with van der Waals surface area (Å²) in [4.78, 5) is 13.8. The summed E-state index contributed by atoms with van der Waals surface area (Å²) in [7, 11) is 0. The van der Waals surface area contributed by atoms with Crippen LogP contribution in [0.2, 0.25) is 0 Å². The Morgan fingerprint density at radius 2 is 1.84 bits per heavy atom. The lowest BCUT2D eigenvalue weighted by molar-refractivity contribution is -0.0320. The van der Waals surface area contributed by atoms with E-state index in [4.69, 9.17) is 10.5 Å². The standard InChI is InChI=1S/C15H28N2O2/c1-11(16)12-9-15(10-12)5-7-17(8-6-15)13(18)19-14(2,3)4/h11-12H,5-10,16H2,1-4H3. The van der Waals surface area contributed by atoms with Crippen LogP contribution in [0.25, 0.3) is 0 Å². The van der Waals surface area contributed by atoms with E-state index in [9.17, 15) is 4.79 Å². The zero-order valence-corrected chi connectivity index (χ0v) is 12.7. The van der Waals surface area contributed by atoms with Crippen LogP contribution in [-0.2, 0) is 4.74 Å². The quantitative estimate of drug-likeness (QED) is 0.795. The summed E-state index contributed by atoms with van der Waals surface area (Å²) in [5.74, 6) is 0.688. The van der Waals surface area contributed by atoms with Crippen molar-refractivity contribution in [3.63, 3.8) is 0 Å². The van der Waals surface area contributed by atoms with Crippen LogP contribution in [0, 0.1) is 11.3 Å². The monoisotopic (exact) mass is 268 g/mol. The van der Waals surface area contributed by atoms with Crippen LogP contribution in [-0.4, -0.2) is 35.7 Å². The van der Waals surface area contributed by atoms with Crippen LogP contribution in [0.1, 0.15) is 53.4 Å². The molecule has 1 atom stereocenters. The van der Waals surface area contributed by atoms with Gasteiger partial charge in [0, 0.05) is 19.1 Å². The molecule has 0 aromatic rings. The van der Waals surface area contributed by atoms with Crippen LogP contribution in [0.15, 0.2) is 0 Å². The second-order valence-electron chi connectivity index (χ2n) is 7.49. The minimum Gasteiger partial charge on any atom is -0.444 e. The summed E-state index contributed by atoms with van der Waals surface area (Å²) < 4.78 is 5.42. The molecule has 0 aromatic carbocycles. The lowest BCUT2D eigenvalue weighted by Crippen LogP contribution is -2.52. The summed E-state index contributed by atoms with van der Waals surface area (Å²) in [6.45, 7) is 9.51. The van der Waals surface area contributed by atoms with Gasteiger partial charge in [0.2, 0.25) is 0 Å². The average Bonchev–Trinajstić information content (AvgIpc) is 2.23. The number of likely N-dealkylation sites (tertiary alicyclic amines) is 1. The van der Waals surface area contributed by atoms with Crippen LogP contribution >= 0.6 is 0 Å². The first kappa shape index (κ1) is 14.6. The largest absolute Gasteiger partial charge is 0.444 e. The van der Waals surface area contributed by atoms with E-state index >= 15 is 0 Å². The lowest BCUT2D eigenvalue weighted by atomic mass is 9.56. The second kappa shape index (κ2) is 4.97. The number of carbonyl (C=O) groups excluding carboxylic acids is 1. The van der Waals surface area contributed by atoms with Gasteiger partial charge in [0.25, 0.3) is 0 Å². The van der Waals surface area contributed by atoms with E-state index in [2.05, 4.69) is 6.92 Å². The lowest BCUT2D eigenvalue weighted by Gasteiger charge is -2.53. The molecular formula is C15H28N2O2. The highest BCUT2D eigenvalue weighted by molar-refractivity contribution is 5.68. The summed E-state index contributed by atoms with van der Waals surface area (Å²) >= 11 is 0. The van der Waals surface area contributed by atoms with Crippen molar-refractivity contribution in [3.8, 4) is 0 Å². The molecule has 1 spiro atoms. The molecule has 2 rings (SSSR count). The topological polar surface area (TPSA) is 55.6 Å². The molecule has 2 fully saturated rings. The Bertz CT molecular complexity index is 331. The van der Waals surface area contributed by atoms with E-state index in [-0.39, 0.29) is 6.09 Å². The first-order valence-electron chi connectivity index (χ1n) is 7.44. The second-order valence-corrected chi connectivity index (χ2v) is 7.49. The third-order valence-electron chi connectivity index (χ3n) is 4.61. The van der Waals surface area contributed by atoms with Crippen LogP contribution in [0.4, 0.5) is 4.79 Å². The molecular weight excluding hydrogens is 240 g/mol. The maximum atomic E-state index is 12.0. The Hall–Kier alpha value is -0.770. The molecule has 2 N–H and O–H groups in total. The van der Waals surface area contributed by atoms with Gasteiger partial charge in [-0.15, -0.1) is 0 Å². The molecule has 0 bridgehead atoms.